The van der Waals surface area contributed by atoms with Crippen LogP contribution in [0.25, 0.3) is 10.2 Å². The van der Waals surface area contributed by atoms with Crippen LogP contribution in [-0.2, 0) is 16.0 Å². The summed E-state index contributed by atoms with van der Waals surface area (Å²) in [5.74, 6) is 0.208. The number of hydrogen-bond donors (Lipinski definition) is 1. The van der Waals surface area contributed by atoms with E-state index >= 15 is 0 Å². The first-order valence-corrected chi connectivity index (χ1v) is 9.59. The zero-order valence-corrected chi connectivity index (χ0v) is 15.7. The Bertz CT molecular complexity index is 968. The van der Waals surface area contributed by atoms with Crippen molar-refractivity contribution in [1.82, 2.24) is 10.3 Å². The van der Waals surface area contributed by atoms with E-state index in [0.717, 1.165) is 15.2 Å². The van der Waals surface area contributed by atoms with Crippen molar-refractivity contribution in [1.29, 1.82) is 0 Å². The van der Waals surface area contributed by atoms with E-state index in [9.17, 15) is 9.59 Å². The SMILES string of the molecule is CC(=O)N1CC(C(=O)NCCc2nc3ccccc3s2)Oc2ccccc21. The number of aromatic nitrogens is 1. The van der Waals surface area contributed by atoms with Crippen molar-refractivity contribution in [2.75, 3.05) is 18.0 Å². The number of rotatable bonds is 4. The van der Waals surface area contributed by atoms with Crippen LogP contribution in [0.15, 0.2) is 48.5 Å². The summed E-state index contributed by atoms with van der Waals surface area (Å²) in [5, 5.41) is 3.88. The standard InChI is InChI=1S/C20H19N3O3S/c1-13(24)23-12-17(26-16-8-4-3-7-15(16)23)20(25)21-11-10-19-22-14-6-2-5-9-18(14)27-19/h2-9,17H,10-12H2,1H3,(H,21,25). The summed E-state index contributed by atoms with van der Waals surface area (Å²) < 4.78 is 6.95. The molecule has 0 saturated carbocycles. The Morgan fingerprint density at radius 2 is 2.00 bits per heavy atom. The lowest BCUT2D eigenvalue weighted by molar-refractivity contribution is -0.128. The highest BCUT2D eigenvalue weighted by Gasteiger charge is 2.32. The Labute approximate surface area is 160 Å². The Morgan fingerprint density at radius 3 is 2.81 bits per heavy atom. The summed E-state index contributed by atoms with van der Waals surface area (Å²) in [5.41, 5.74) is 1.68. The molecule has 2 amide bonds. The summed E-state index contributed by atoms with van der Waals surface area (Å²) >= 11 is 1.63. The first-order valence-electron chi connectivity index (χ1n) is 8.78. The molecule has 1 unspecified atom stereocenters. The maximum absolute atomic E-state index is 12.5. The number of hydrogen-bond acceptors (Lipinski definition) is 5. The molecule has 27 heavy (non-hydrogen) atoms. The number of anilines is 1. The molecule has 0 saturated heterocycles. The monoisotopic (exact) mass is 381 g/mol. The molecule has 7 heteroatoms. The molecule has 0 fully saturated rings. The van der Waals surface area contributed by atoms with E-state index in [0.29, 0.717) is 24.4 Å². The number of nitrogens with zero attached hydrogens (tertiary/aromatic N) is 2. The van der Waals surface area contributed by atoms with Crippen LogP contribution in [0.5, 0.6) is 5.75 Å². The molecule has 1 aliphatic rings. The zero-order chi connectivity index (χ0) is 18.8. The number of amides is 2. The minimum absolute atomic E-state index is 0.113. The fourth-order valence-corrected chi connectivity index (χ4v) is 4.07. The molecule has 2 aromatic carbocycles. The van der Waals surface area contributed by atoms with Crippen molar-refractivity contribution in [2.24, 2.45) is 0 Å². The van der Waals surface area contributed by atoms with Crippen LogP contribution in [-0.4, -0.2) is 36.0 Å². The van der Waals surface area contributed by atoms with Gasteiger partial charge in [-0.15, -0.1) is 11.3 Å². The van der Waals surface area contributed by atoms with E-state index in [4.69, 9.17) is 4.74 Å². The third-order valence-corrected chi connectivity index (χ3v) is 5.52. The maximum atomic E-state index is 12.5. The van der Waals surface area contributed by atoms with Crippen LogP contribution in [0.3, 0.4) is 0 Å². The van der Waals surface area contributed by atoms with Gasteiger partial charge in [0.2, 0.25) is 5.91 Å². The van der Waals surface area contributed by atoms with Crippen molar-refractivity contribution in [3.8, 4) is 5.75 Å². The highest BCUT2D eigenvalue weighted by atomic mass is 32.1. The second-order valence-electron chi connectivity index (χ2n) is 6.32. The van der Waals surface area contributed by atoms with Crippen molar-refractivity contribution < 1.29 is 14.3 Å². The Balaban J connectivity index is 1.39. The molecule has 4 rings (SSSR count). The molecule has 138 valence electrons. The molecule has 0 bridgehead atoms. The third-order valence-electron chi connectivity index (χ3n) is 4.42. The van der Waals surface area contributed by atoms with Gasteiger partial charge in [0.15, 0.2) is 6.10 Å². The summed E-state index contributed by atoms with van der Waals surface area (Å²) in [6, 6.07) is 15.2. The van der Waals surface area contributed by atoms with E-state index in [1.54, 1.807) is 22.3 Å². The highest BCUT2D eigenvalue weighted by molar-refractivity contribution is 7.18. The molecule has 6 nitrogen and oxygen atoms in total. The van der Waals surface area contributed by atoms with Crippen molar-refractivity contribution in [2.45, 2.75) is 19.4 Å². The molecule has 1 aliphatic heterocycles. The summed E-state index contributed by atoms with van der Waals surface area (Å²) in [7, 11) is 0. The van der Waals surface area contributed by atoms with Crippen LogP contribution >= 0.6 is 11.3 Å². The number of carbonyl (C=O) groups excluding carboxylic acids is 2. The van der Waals surface area contributed by atoms with E-state index < -0.39 is 6.10 Å². The highest BCUT2D eigenvalue weighted by Crippen LogP contribution is 2.33. The number of carbonyl (C=O) groups is 2. The van der Waals surface area contributed by atoms with Gasteiger partial charge in [0, 0.05) is 19.9 Å². The number of thiazole rings is 1. The van der Waals surface area contributed by atoms with Gasteiger partial charge in [-0.3, -0.25) is 9.59 Å². The number of benzene rings is 2. The molecule has 0 radical (unpaired) electrons. The fraction of sp³-hybridized carbons (Fsp3) is 0.250. The molecule has 1 aromatic heterocycles. The van der Waals surface area contributed by atoms with Crippen LogP contribution < -0.4 is 15.0 Å². The number of para-hydroxylation sites is 3. The van der Waals surface area contributed by atoms with Crippen LogP contribution in [0.1, 0.15) is 11.9 Å². The van der Waals surface area contributed by atoms with Crippen molar-refractivity contribution >= 4 is 39.1 Å². The van der Waals surface area contributed by atoms with Crippen LogP contribution in [0.2, 0.25) is 0 Å². The Kier molecular flexibility index (Phi) is 4.77. The molecule has 3 aromatic rings. The quantitative estimate of drug-likeness (QED) is 0.754. The molecular weight excluding hydrogens is 362 g/mol. The van der Waals surface area contributed by atoms with Gasteiger partial charge >= 0.3 is 0 Å². The van der Waals surface area contributed by atoms with Gasteiger partial charge in [0.25, 0.3) is 5.91 Å². The van der Waals surface area contributed by atoms with Gasteiger partial charge in [-0.2, -0.15) is 0 Å². The second kappa shape index (κ2) is 7.36. The Hall–Kier alpha value is -2.93. The fourth-order valence-electron chi connectivity index (χ4n) is 3.10. The molecule has 1 atom stereocenters. The minimum atomic E-state index is -0.723. The average molecular weight is 381 g/mol. The second-order valence-corrected chi connectivity index (χ2v) is 7.44. The molecule has 0 aliphatic carbocycles. The van der Waals surface area contributed by atoms with Crippen LogP contribution in [0, 0.1) is 0 Å². The number of fused-ring (bicyclic) bond motifs is 2. The lowest BCUT2D eigenvalue weighted by Crippen LogP contribution is -2.50. The minimum Gasteiger partial charge on any atom is -0.477 e. The maximum Gasteiger partial charge on any atom is 0.262 e. The average Bonchev–Trinajstić information content (AvgIpc) is 3.09. The first kappa shape index (κ1) is 17.5. The normalized spacial score (nSPS) is 15.9. The topological polar surface area (TPSA) is 71.5 Å². The van der Waals surface area contributed by atoms with Gasteiger partial charge in [0.05, 0.1) is 27.5 Å². The smallest absolute Gasteiger partial charge is 0.262 e. The lowest BCUT2D eigenvalue weighted by Gasteiger charge is -2.33. The van der Waals surface area contributed by atoms with Crippen molar-refractivity contribution in [3.05, 3.63) is 53.5 Å². The number of nitrogens with one attached hydrogen (secondary N) is 1. The van der Waals surface area contributed by atoms with Crippen LogP contribution in [0.4, 0.5) is 5.69 Å². The van der Waals surface area contributed by atoms with Gasteiger partial charge in [0.1, 0.15) is 5.75 Å². The predicted octanol–water partition coefficient (Wildman–Crippen LogP) is 2.77. The van der Waals surface area contributed by atoms with Crippen molar-refractivity contribution in [3.63, 3.8) is 0 Å². The molecule has 1 N–H and O–H groups in total. The molecule has 0 spiro atoms. The molecule has 2 heterocycles. The molecular formula is C20H19N3O3S. The van der Waals surface area contributed by atoms with Gasteiger partial charge in [-0.05, 0) is 24.3 Å². The largest absolute Gasteiger partial charge is 0.477 e. The zero-order valence-electron chi connectivity index (χ0n) is 14.8. The summed E-state index contributed by atoms with van der Waals surface area (Å²) in [6.07, 6.45) is -0.0654. The predicted molar refractivity (Wildman–Crippen MR) is 105 cm³/mol. The summed E-state index contributed by atoms with van der Waals surface area (Å²) in [6.45, 7) is 2.17. The van der Waals surface area contributed by atoms with E-state index in [1.807, 2.05) is 42.5 Å². The first-order chi connectivity index (χ1) is 13.1. The van der Waals surface area contributed by atoms with Gasteiger partial charge in [-0.25, -0.2) is 4.98 Å². The van der Waals surface area contributed by atoms with Gasteiger partial charge < -0.3 is 15.0 Å². The van der Waals surface area contributed by atoms with E-state index in [-0.39, 0.29) is 18.4 Å². The van der Waals surface area contributed by atoms with E-state index in [1.165, 1.54) is 6.92 Å². The Morgan fingerprint density at radius 1 is 1.22 bits per heavy atom. The number of ether oxygens (including phenoxy) is 1. The lowest BCUT2D eigenvalue weighted by atomic mass is 10.1. The van der Waals surface area contributed by atoms with Gasteiger partial charge in [-0.1, -0.05) is 24.3 Å². The third kappa shape index (κ3) is 3.64. The van der Waals surface area contributed by atoms with E-state index in [2.05, 4.69) is 10.3 Å². The summed E-state index contributed by atoms with van der Waals surface area (Å²) in [4.78, 5) is 30.6.